The van der Waals surface area contributed by atoms with Gasteiger partial charge in [0.2, 0.25) is 5.91 Å². The minimum Gasteiger partial charge on any atom is -0.379 e. The van der Waals surface area contributed by atoms with Gasteiger partial charge in [-0.1, -0.05) is 19.3 Å². The van der Waals surface area contributed by atoms with Crippen LogP contribution in [-0.2, 0) is 14.3 Å². The van der Waals surface area contributed by atoms with E-state index in [4.69, 9.17) is 20.9 Å². The van der Waals surface area contributed by atoms with Crippen molar-refractivity contribution < 1.29 is 14.3 Å². The highest BCUT2D eigenvalue weighted by Gasteiger charge is 2.16. The standard InChI is InChI=1S/C18H37N3O3/c19-9-11-24-13-12-23-10-8-18(22)21-15-17-5-3-1-2-4-16(14-20)6-7-17/h16-17H,1-15,19-20H2,(H,21,22). The van der Waals surface area contributed by atoms with Gasteiger partial charge in [0.05, 0.1) is 26.4 Å². The monoisotopic (exact) mass is 343 g/mol. The van der Waals surface area contributed by atoms with E-state index in [-0.39, 0.29) is 5.91 Å². The molecule has 0 bridgehead atoms. The third-order valence-corrected chi connectivity index (χ3v) is 4.74. The summed E-state index contributed by atoms with van der Waals surface area (Å²) in [5.41, 5.74) is 11.2. The molecule has 1 aliphatic rings. The second-order valence-electron chi connectivity index (χ2n) is 6.75. The highest BCUT2D eigenvalue weighted by molar-refractivity contribution is 5.75. The van der Waals surface area contributed by atoms with Crippen LogP contribution in [0.4, 0.5) is 0 Å². The number of rotatable bonds is 11. The number of nitrogens with two attached hydrogens (primary N) is 2. The molecule has 0 aliphatic heterocycles. The zero-order valence-corrected chi connectivity index (χ0v) is 15.1. The fourth-order valence-electron chi connectivity index (χ4n) is 3.16. The van der Waals surface area contributed by atoms with Gasteiger partial charge in [-0.05, 0) is 44.1 Å². The number of hydrogen-bond acceptors (Lipinski definition) is 5. The van der Waals surface area contributed by atoms with Crippen LogP contribution >= 0.6 is 0 Å². The van der Waals surface area contributed by atoms with Crippen LogP contribution in [0, 0.1) is 11.8 Å². The summed E-state index contributed by atoms with van der Waals surface area (Å²) >= 11 is 0. The Bertz CT molecular complexity index is 316. The van der Waals surface area contributed by atoms with Crippen LogP contribution in [0.15, 0.2) is 0 Å². The Hall–Kier alpha value is -0.690. The van der Waals surface area contributed by atoms with Gasteiger partial charge < -0.3 is 26.3 Å². The molecule has 0 aromatic carbocycles. The van der Waals surface area contributed by atoms with Crippen LogP contribution in [0.5, 0.6) is 0 Å². The smallest absolute Gasteiger partial charge is 0.222 e. The van der Waals surface area contributed by atoms with Crippen LogP contribution in [0.3, 0.4) is 0 Å². The lowest BCUT2D eigenvalue weighted by molar-refractivity contribution is -0.122. The molecule has 5 N–H and O–H groups in total. The first kappa shape index (κ1) is 21.4. The molecule has 0 heterocycles. The largest absolute Gasteiger partial charge is 0.379 e. The van der Waals surface area contributed by atoms with Crippen molar-refractivity contribution in [2.45, 2.75) is 51.4 Å². The van der Waals surface area contributed by atoms with E-state index in [9.17, 15) is 4.79 Å². The molecule has 2 unspecified atom stereocenters. The van der Waals surface area contributed by atoms with E-state index in [1.54, 1.807) is 0 Å². The molecule has 142 valence electrons. The molecule has 0 aromatic rings. The summed E-state index contributed by atoms with van der Waals surface area (Å²) in [6.07, 6.45) is 9.13. The molecular formula is C18H37N3O3. The Morgan fingerprint density at radius 2 is 1.54 bits per heavy atom. The Balaban J connectivity index is 2.08. The van der Waals surface area contributed by atoms with Crippen molar-refractivity contribution in [1.82, 2.24) is 5.32 Å². The summed E-state index contributed by atoms with van der Waals surface area (Å²) in [4.78, 5) is 11.9. The van der Waals surface area contributed by atoms with E-state index in [2.05, 4.69) is 5.32 Å². The normalized spacial score (nSPS) is 22.4. The zero-order valence-electron chi connectivity index (χ0n) is 15.1. The molecule has 6 nitrogen and oxygen atoms in total. The molecule has 24 heavy (non-hydrogen) atoms. The van der Waals surface area contributed by atoms with Crippen molar-refractivity contribution in [3.63, 3.8) is 0 Å². The van der Waals surface area contributed by atoms with Gasteiger partial charge in [-0.3, -0.25) is 4.79 Å². The predicted molar refractivity (Wildman–Crippen MR) is 96.7 cm³/mol. The van der Waals surface area contributed by atoms with Crippen molar-refractivity contribution in [1.29, 1.82) is 0 Å². The zero-order chi connectivity index (χ0) is 17.5. The molecule has 1 amide bonds. The maximum atomic E-state index is 11.9. The summed E-state index contributed by atoms with van der Waals surface area (Å²) in [7, 11) is 0. The van der Waals surface area contributed by atoms with Crippen LogP contribution in [0.1, 0.15) is 51.4 Å². The SMILES string of the molecule is NCCOCCOCCC(=O)NCC1CCCCCC(CN)CC1. The first-order valence-corrected chi connectivity index (χ1v) is 9.58. The molecule has 0 radical (unpaired) electrons. The van der Waals surface area contributed by atoms with Crippen LogP contribution in [0.25, 0.3) is 0 Å². The van der Waals surface area contributed by atoms with E-state index in [1.165, 1.54) is 44.9 Å². The molecule has 2 atom stereocenters. The van der Waals surface area contributed by atoms with E-state index < -0.39 is 0 Å². The molecule has 1 aliphatic carbocycles. The molecular weight excluding hydrogens is 306 g/mol. The fraction of sp³-hybridized carbons (Fsp3) is 0.944. The van der Waals surface area contributed by atoms with E-state index in [0.29, 0.717) is 51.2 Å². The average molecular weight is 344 g/mol. The Labute approximate surface area is 147 Å². The average Bonchev–Trinajstić information content (AvgIpc) is 2.71. The third-order valence-electron chi connectivity index (χ3n) is 4.74. The second-order valence-corrected chi connectivity index (χ2v) is 6.75. The number of ether oxygens (including phenoxy) is 2. The topological polar surface area (TPSA) is 99.6 Å². The van der Waals surface area contributed by atoms with Crippen molar-refractivity contribution >= 4 is 5.91 Å². The van der Waals surface area contributed by atoms with Gasteiger partial charge in [0.15, 0.2) is 0 Å². The summed E-state index contributed by atoms with van der Waals surface area (Å²) in [5, 5.41) is 3.07. The van der Waals surface area contributed by atoms with Crippen molar-refractivity contribution in [3.05, 3.63) is 0 Å². The van der Waals surface area contributed by atoms with Crippen molar-refractivity contribution in [3.8, 4) is 0 Å². The maximum absolute atomic E-state index is 11.9. The molecule has 1 saturated carbocycles. The first-order valence-electron chi connectivity index (χ1n) is 9.58. The van der Waals surface area contributed by atoms with E-state index in [0.717, 1.165) is 13.1 Å². The van der Waals surface area contributed by atoms with Gasteiger partial charge in [0, 0.05) is 19.5 Å². The Morgan fingerprint density at radius 3 is 2.25 bits per heavy atom. The number of nitrogens with one attached hydrogen (secondary N) is 1. The molecule has 6 heteroatoms. The van der Waals surface area contributed by atoms with Gasteiger partial charge in [0.25, 0.3) is 0 Å². The van der Waals surface area contributed by atoms with E-state index >= 15 is 0 Å². The molecule has 0 spiro atoms. The van der Waals surface area contributed by atoms with Crippen LogP contribution < -0.4 is 16.8 Å². The number of hydrogen-bond donors (Lipinski definition) is 3. The van der Waals surface area contributed by atoms with E-state index in [1.807, 2.05) is 0 Å². The van der Waals surface area contributed by atoms with Gasteiger partial charge in [-0.25, -0.2) is 0 Å². The number of carbonyl (C=O) groups is 1. The molecule has 1 rings (SSSR count). The van der Waals surface area contributed by atoms with Crippen molar-refractivity contribution in [2.75, 3.05) is 46.1 Å². The van der Waals surface area contributed by atoms with Gasteiger partial charge in [0.1, 0.15) is 0 Å². The molecule has 0 saturated heterocycles. The lowest BCUT2D eigenvalue weighted by atomic mass is 9.92. The summed E-state index contributed by atoms with van der Waals surface area (Å²) in [6.45, 7) is 4.14. The lowest BCUT2D eigenvalue weighted by Gasteiger charge is -2.19. The number of carbonyl (C=O) groups excluding carboxylic acids is 1. The second kappa shape index (κ2) is 14.6. The maximum Gasteiger partial charge on any atom is 0.222 e. The first-order chi connectivity index (χ1) is 11.8. The summed E-state index contributed by atoms with van der Waals surface area (Å²) in [6, 6.07) is 0. The van der Waals surface area contributed by atoms with Gasteiger partial charge in [-0.15, -0.1) is 0 Å². The molecule has 1 fully saturated rings. The van der Waals surface area contributed by atoms with Crippen molar-refractivity contribution in [2.24, 2.45) is 23.3 Å². The predicted octanol–water partition coefficient (Wildman–Crippen LogP) is 1.42. The highest BCUT2D eigenvalue weighted by Crippen LogP contribution is 2.24. The summed E-state index contributed by atoms with van der Waals surface area (Å²) in [5.74, 6) is 1.33. The number of amides is 1. The van der Waals surface area contributed by atoms with Crippen LogP contribution in [0.2, 0.25) is 0 Å². The molecule has 0 aromatic heterocycles. The minimum atomic E-state index is 0.0770. The minimum absolute atomic E-state index is 0.0770. The van der Waals surface area contributed by atoms with Gasteiger partial charge in [-0.2, -0.15) is 0 Å². The van der Waals surface area contributed by atoms with Gasteiger partial charge >= 0.3 is 0 Å². The summed E-state index contributed by atoms with van der Waals surface area (Å²) < 4.78 is 10.6. The Kier molecular flexibility index (Phi) is 13.0. The lowest BCUT2D eigenvalue weighted by Crippen LogP contribution is -2.30. The quantitative estimate of drug-likeness (QED) is 0.493. The highest BCUT2D eigenvalue weighted by atomic mass is 16.5. The fourth-order valence-corrected chi connectivity index (χ4v) is 3.16. The Morgan fingerprint density at radius 1 is 0.875 bits per heavy atom. The van der Waals surface area contributed by atoms with Crippen LogP contribution in [-0.4, -0.2) is 52.0 Å². The third kappa shape index (κ3) is 11.0.